The standard InChI is InChI=1S/C19H17ClN4OS/c20-14-5-1-2-6-15(14)22-18(25)16-12-26-19(23-16)13-7-8-17(21-11-13)24-9-3-4-10-24/h1-2,5-8,11-12H,3-4,9-10H2,(H,22,25). The van der Waals surface area contributed by atoms with Gasteiger partial charge in [0.15, 0.2) is 0 Å². The van der Waals surface area contributed by atoms with Gasteiger partial charge < -0.3 is 10.2 Å². The molecule has 0 unspecified atom stereocenters. The number of hydrogen-bond acceptors (Lipinski definition) is 5. The highest BCUT2D eigenvalue weighted by Gasteiger charge is 2.15. The summed E-state index contributed by atoms with van der Waals surface area (Å²) in [5.74, 6) is 0.724. The first-order valence-corrected chi connectivity index (χ1v) is 9.69. The van der Waals surface area contributed by atoms with Gasteiger partial charge in [-0.3, -0.25) is 4.79 Å². The Labute approximate surface area is 160 Å². The Balaban J connectivity index is 1.48. The summed E-state index contributed by atoms with van der Waals surface area (Å²) in [5, 5.41) is 5.81. The average Bonchev–Trinajstić information content (AvgIpc) is 3.36. The largest absolute Gasteiger partial charge is 0.357 e. The van der Waals surface area contributed by atoms with Crippen molar-refractivity contribution in [3.63, 3.8) is 0 Å². The highest BCUT2D eigenvalue weighted by molar-refractivity contribution is 7.13. The molecule has 3 aromatic rings. The number of pyridine rings is 1. The minimum atomic E-state index is -0.276. The Morgan fingerprint density at radius 1 is 1.15 bits per heavy atom. The van der Waals surface area contributed by atoms with Gasteiger partial charge in [-0.05, 0) is 37.1 Å². The average molecular weight is 385 g/mol. The van der Waals surface area contributed by atoms with Gasteiger partial charge in [-0.15, -0.1) is 11.3 Å². The van der Waals surface area contributed by atoms with Crippen LogP contribution >= 0.6 is 22.9 Å². The second-order valence-electron chi connectivity index (χ2n) is 6.07. The number of aromatic nitrogens is 2. The number of carbonyl (C=O) groups is 1. The van der Waals surface area contributed by atoms with Crippen LogP contribution in [-0.2, 0) is 0 Å². The fourth-order valence-electron chi connectivity index (χ4n) is 2.91. The molecule has 26 heavy (non-hydrogen) atoms. The minimum absolute atomic E-state index is 0.276. The number of hydrogen-bond donors (Lipinski definition) is 1. The Morgan fingerprint density at radius 3 is 2.69 bits per heavy atom. The fraction of sp³-hybridized carbons (Fsp3) is 0.211. The van der Waals surface area contributed by atoms with Gasteiger partial charge in [-0.2, -0.15) is 0 Å². The van der Waals surface area contributed by atoms with Crippen LogP contribution in [0.1, 0.15) is 23.3 Å². The number of carbonyl (C=O) groups excluding carboxylic acids is 1. The lowest BCUT2D eigenvalue weighted by molar-refractivity contribution is 0.102. The van der Waals surface area contributed by atoms with E-state index in [1.54, 1.807) is 17.5 Å². The zero-order valence-electron chi connectivity index (χ0n) is 14.0. The lowest BCUT2D eigenvalue weighted by Gasteiger charge is -2.15. The minimum Gasteiger partial charge on any atom is -0.357 e. The molecule has 0 radical (unpaired) electrons. The Kier molecular flexibility index (Phi) is 4.86. The third-order valence-corrected chi connectivity index (χ3v) is 5.50. The van der Waals surface area contributed by atoms with E-state index < -0.39 is 0 Å². The van der Waals surface area contributed by atoms with E-state index >= 15 is 0 Å². The predicted molar refractivity (Wildman–Crippen MR) is 106 cm³/mol. The number of halogens is 1. The lowest BCUT2D eigenvalue weighted by atomic mass is 10.3. The van der Waals surface area contributed by atoms with Crippen molar-refractivity contribution in [2.24, 2.45) is 0 Å². The molecule has 1 N–H and O–H groups in total. The maximum absolute atomic E-state index is 12.4. The van der Waals surface area contributed by atoms with Crippen molar-refractivity contribution in [3.05, 3.63) is 58.7 Å². The Morgan fingerprint density at radius 2 is 1.96 bits per heavy atom. The van der Waals surface area contributed by atoms with Crippen LogP contribution in [0, 0.1) is 0 Å². The topological polar surface area (TPSA) is 58.1 Å². The number of rotatable bonds is 4. The number of amides is 1. The van der Waals surface area contributed by atoms with Gasteiger partial charge in [-0.25, -0.2) is 9.97 Å². The first-order chi connectivity index (χ1) is 12.7. The monoisotopic (exact) mass is 384 g/mol. The third-order valence-electron chi connectivity index (χ3n) is 4.28. The molecule has 132 valence electrons. The van der Waals surface area contributed by atoms with Crippen LogP contribution in [-0.4, -0.2) is 29.0 Å². The maximum atomic E-state index is 12.4. The molecule has 1 amide bonds. The summed E-state index contributed by atoms with van der Waals surface area (Å²) in [6.07, 6.45) is 4.27. The molecule has 1 aliphatic heterocycles. The van der Waals surface area contributed by atoms with Gasteiger partial charge in [0.2, 0.25) is 0 Å². The van der Waals surface area contributed by atoms with E-state index in [0.717, 1.165) is 29.5 Å². The summed E-state index contributed by atoms with van der Waals surface area (Å²) in [4.78, 5) is 23.7. The van der Waals surface area contributed by atoms with Crippen molar-refractivity contribution < 1.29 is 4.79 Å². The summed E-state index contributed by atoms with van der Waals surface area (Å²) in [6.45, 7) is 2.13. The maximum Gasteiger partial charge on any atom is 0.275 e. The van der Waals surface area contributed by atoms with Crippen LogP contribution in [0.5, 0.6) is 0 Å². The molecule has 1 fully saturated rings. The van der Waals surface area contributed by atoms with Crippen molar-refractivity contribution in [2.75, 3.05) is 23.3 Å². The van der Waals surface area contributed by atoms with Gasteiger partial charge in [0, 0.05) is 30.2 Å². The summed E-state index contributed by atoms with van der Waals surface area (Å²) in [6, 6.07) is 11.2. The molecule has 5 nitrogen and oxygen atoms in total. The molecule has 1 saturated heterocycles. The van der Waals surface area contributed by atoms with Crippen molar-refractivity contribution in [2.45, 2.75) is 12.8 Å². The Hall–Kier alpha value is -2.44. The van der Waals surface area contributed by atoms with Crippen molar-refractivity contribution in [1.82, 2.24) is 9.97 Å². The molecule has 0 bridgehead atoms. The molecule has 1 aliphatic rings. The van der Waals surface area contributed by atoms with Crippen molar-refractivity contribution in [3.8, 4) is 10.6 Å². The molecule has 4 rings (SSSR count). The molecular formula is C19H17ClN4OS. The molecule has 0 spiro atoms. The SMILES string of the molecule is O=C(Nc1ccccc1Cl)c1csc(-c2ccc(N3CCCC3)nc2)n1. The fourth-order valence-corrected chi connectivity index (χ4v) is 3.88. The van der Waals surface area contributed by atoms with Crippen LogP contribution < -0.4 is 10.2 Å². The highest BCUT2D eigenvalue weighted by Crippen LogP contribution is 2.27. The molecule has 2 aromatic heterocycles. The van der Waals surface area contributed by atoms with Gasteiger partial charge in [0.05, 0.1) is 10.7 Å². The van der Waals surface area contributed by atoms with Gasteiger partial charge in [0.1, 0.15) is 16.5 Å². The number of nitrogens with zero attached hydrogens (tertiary/aromatic N) is 3. The normalized spacial score (nSPS) is 13.8. The van der Waals surface area contributed by atoms with E-state index in [1.165, 1.54) is 24.2 Å². The van der Waals surface area contributed by atoms with Crippen LogP contribution in [0.3, 0.4) is 0 Å². The van der Waals surface area contributed by atoms with Crippen molar-refractivity contribution in [1.29, 1.82) is 0 Å². The molecule has 0 aliphatic carbocycles. The van der Waals surface area contributed by atoms with Gasteiger partial charge >= 0.3 is 0 Å². The van der Waals surface area contributed by atoms with Gasteiger partial charge in [-0.1, -0.05) is 23.7 Å². The third kappa shape index (κ3) is 3.57. The number of para-hydroxylation sites is 1. The second kappa shape index (κ2) is 7.43. The molecule has 0 saturated carbocycles. The van der Waals surface area contributed by atoms with Crippen LogP contribution in [0.2, 0.25) is 5.02 Å². The number of nitrogens with one attached hydrogen (secondary N) is 1. The second-order valence-corrected chi connectivity index (χ2v) is 7.34. The molecular weight excluding hydrogens is 368 g/mol. The van der Waals surface area contributed by atoms with E-state index in [2.05, 4.69) is 20.2 Å². The van der Waals surface area contributed by atoms with Crippen molar-refractivity contribution >= 4 is 40.4 Å². The zero-order valence-corrected chi connectivity index (χ0v) is 15.6. The zero-order chi connectivity index (χ0) is 17.9. The smallest absolute Gasteiger partial charge is 0.275 e. The molecule has 7 heteroatoms. The number of benzene rings is 1. The van der Waals surface area contributed by atoms with E-state index in [0.29, 0.717) is 16.4 Å². The Bertz CT molecular complexity index is 919. The molecule has 1 aromatic carbocycles. The summed E-state index contributed by atoms with van der Waals surface area (Å²) in [7, 11) is 0. The highest BCUT2D eigenvalue weighted by atomic mass is 35.5. The lowest BCUT2D eigenvalue weighted by Crippen LogP contribution is -2.18. The number of anilines is 2. The predicted octanol–water partition coefficient (Wildman–Crippen LogP) is 4.71. The first kappa shape index (κ1) is 17.0. The van der Waals surface area contributed by atoms with E-state index in [-0.39, 0.29) is 5.91 Å². The summed E-state index contributed by atoms with van der Waals surface area (Å²) in [5.41, 5.74) is 1.86. The van der Waals surface area contributed by atoms with Crippen LogP contribution in [0.4, 0.5) is 11.5 Å². The van der Waals surface area contributed by atoms with Crippen LogP contribution in [0.25, 0.3) is 10.6 Å². The quantitative estimate of drug-likeness (QED) is 0.707. The molecule has 0 atom stereocenters. The number of thiazole rings is 1. The summed E-state index contributed by atoms with van der Waals surface area (Å²) >= 11 is 7.51. The van der Waals surface area contributed by atoms with Gasteiger partial charge in [0.25, 0.3) is 5.91 Å². The molecule has 3 heterocycles. The van der Waals surface area contributed by atoms with E-state index in [4.69, 9.17) is 11.6 Å². The van der Waals surface area contributed by atoms with E-state index in [1.807, 2.05) is 30.5 Å². The van der Waals surface area contributed by atoms with Crippen LogP contribution in [0.15, 0.2) is 48.0 Å². The summed E-state index contributed by atoms with van der Waals surface area (Å²) < 4.78 is 0. The van der Waals surface area contributed by atoms with E-state index in [9.17, 15) is 4.79 Å². The first-order valence-electron chi connectivity index (χ1n) is 8.43.